The van der Waals surface area contributed by atoms with Gasteiger partial charge in [0.05, 0.1) is 0 Å². The van der Waals surface area contributed by atoms with Gasteiger partial charge in [-0.15, -0.1) is 0 Å². The molecule has 1 spiro atoms. The topological polar surface area (TPSA) is 20.2 Å². The maximum atomic E-state index is 8.64. The Kier molecular flexibility index (Phi) is 1.61. The van der Waals surface area contributed by atoms with E-state index in [1.807, 2.05) is 0 Å². The molecule has 1 atom stereocenters. The van der Waals surface area contributed by atoms with E-state index in [1.54, 1.807) is 0 Å². The Hall–Kier alpha value is -0.560. The van der Waals surface area contributed by atoms with Crippen LogP contribution >= 0.6 is 0 Å². The van der Waals surface area contributed by atoms with Crippen molar-refractivity contribution in [1.82, 2.24) is 0 Å². The minimum absolute atomic E-state index is 0.347. The summed E-state index contributed by atoms with van der Waals surface area (Å²) in [7, 11) is 0. The lowest BCUT2D eigenvalue weighted by Gasteiger charge is -2.01. The van der Waals surface area contributed by atoms with Crippen molar-refractivity contribution in [3.63, 3.8) is 0 Å². The second kappa shape index (κ2) is 2.49. The molecule has 11 heavy (non-hydrogen) atoms. The second-order valence-corrected chi connectivity index (χ2v) is 3.60. The van der Waals surface area contributed by atoms with Crippen LogP contribution in [0.15, 0.2) is 24.3 Å². The summed E-state index contributed by atoms with van der Waals surface area (Å²) < 4.78 is 0. The van der Waals surface area contributed by atoms with Crippen molar-refractivity contribution in [2.24, 2.45) is 11.3 Å². The molecule has 0 heterocycles. The molecule has 0 aliphatic heterocycles. The highest BCUT2D eigenvalue weighted by Gasteiger charge is 2.49. The second-order valence-electron chi connectivity index (χ2n) is 3.60. The molecule has 0 aromatic heterocycles. The van der Waals surface area contributed by atoms with E-state index >= 15 is 0 Å². The van der Waals surface area contributed by atoms with E-state index in [0.717, 1.165) is 12.3 Å². The van der Waals surface area contributed by atoms with Gasteiger partial charge in [-0.25, -0.2) is 0 Å². The SMILES string of the molecule is OCCCC1CC12C=CC=C2. The summed E-state index contributed by atoms with van der Waals surface area (Å²) in [5.41, 5.74) is 0.440. The van der Waals surface area contributed by atoms with Crippen molar-refractivity contribution in [2.45, 2.75) is 19.3 Å². The first-order chi connectivity index (χ1) is 5.37. The van der Waals surface area contributed by atoms with Gasteiger partial charge in [-0.3, -0.25) is 0 Å². The molecule has 1 heteroatoms. The average Bonchev–Trinajstić information content (AvgIpc) is 2.41. The molecular formula is C10H14O. The van der Waals surface area contributed by atoms with E-state index in [0.29, 0.717) is 12.0 Å². The molecule has 2 aliphatic rings. The molecule has 0 aromatic rings. The molecule has 0 amide bonds. The Labute approximate surface area is 67.4 Å². The fourth-order valence-electron chi connectivity index (χ4n) is 2.01. The van der Waals surface area contributed by atoms with Gasteiger partial charge in [0, 0.05) is 12.0 Å². The summed E-state index contributed by atoms with van der Waals surface area (Å²) in [4.78, 5) is 0. The third-order valence-electron chi connectivity index (χ3n) is 2.83. The number of aliphatic hydroxyl groups excluding tert-OH is 1. The van der Waals surface area contributed by atoms with Crippen LogP contribution in [0.4, 0.5) is 0 Å². The fourth-order valence-corrected chi connectivity index (χ4v) is 2.01. The van der Waals surface area contributed by atoms with Crippen molar-refractivity contribution >= 4 is 0 Å². The molecule has 2 rings (SSSR count). The van der Waals surface area contributed by atoms with E-state index in [1.165, 1.54) is 12.8 Å². The summed E-state index contributed by atoms with van der Waals surface area (Å²) >= 11 is 0. The average molecular weight is 150 g/mol. The van der Waals surface area contributed by atoms with Crippen LogP contribution in [0.2, 0.25) is 0 Å². The van der Waals surface area contributed by atoms with Gasteiger partial charge in [0.1, 0.15) is 0 Å². The molecule has 0 saturated heterocycles. The maximum Gasteiger partial charge on any atom is 0.0431 e. The van der Waals surface area contributed by atoms with Gasteiger partial charge >= 0.3 is 0 Å². The van der Waals surface area contributed by atoms with Crippen molar-refractivity contribution in [1.29, 1.82) is 0 Å². The Morgan fingerprint density at radius 3 is 2.73 bits per heavy atom. The van der Waals surface area contributed by atoms with Crippen LogP contribution in [0.3, 0.4) is 0 Å². The number of aliphatic hydroxyl groups is 1. The summed E-state index contributed by atoms with van der Waals surface area (Å²) in [5, 5.41) is 8.64. The number of hydrogen-bond donors (Lipinski definition) is 1. The van der Waals surface area contributed by atoms with E-state index in [9.17, 15) is 0 Å². The van der Waals surface area contributed by atoms with Crippen molar-refractivity contribution in [3.8, 4) is 0 Å². The van der Waals surface area contributed by atoms with E-state index in [-0.39, 0.29) is 0 Å². The third kappa shape index (κ3) is 1.14. The van der Waals surface area contributed by atoms with Crippen LogP contribution in [0.5, 0.6) is 0 Å². The molecule has 1 fully saturated rings. The van der Waals surface area contributed by atoms with Gasteiger partial charge < -0.3 is 5.11 Å². The normalized spacial score (nSPS) is 30.1. The zero-order valence-electron chi connectivity index (χ0n) is 6.66. The fraction of sp³-hybridized carbons (Fsp3) is 0.600. The Balaban J connectivity index is 1.85. The predicted molar refractivity (Wildman–Crippen MR) is 45.1 cm³/mol. The highest BCUT2D eigenvalue weighted by atomic mass is 16.2. The molecule has 2 aliphatic carbocycles. The Bertz CT molecular complexity index is 191. The van der Waals surface area contributed by atoms with Gasteiger partial charge in [-0.05, 0) is 25.2 Å². The van der Waals surface area contributed by atoms with E-state index in [2.05, 4.69) is 24.3 Å². The van der Waals surface area contributed by atoms with Crippen LogP contribution in [0, 0.1) is 11.3 Å². The van der Waals surface area contributed by atoms with Crippen LogP contribution < -0.4 is 0 Å². The molecule has 0 aromatic carbocycles. The van der Waals surface area contributed by atoms with Crippen LogP contribution in [-0.4, -0.2) is 11.7 Å². The standard InChI is InChI=1S/C10H14O/c11-7-3-4-9-8-10(9)5-1-2-6-10/h1-2,5-6,9,11H,3-4,7-8H2. The minimum atomic E-state index is 0.347. The maximum absolute atomic E-state index is 8.64. The van der Waals surface area contributed by atoms with Crippen molar-refractivity contribution < 1.29 is 5.11 Å². The Morgan fingerprint density at radius 1 is 1.36 bits per heavy atom. The first-order valence-electron chi connectivity index (χ1n) is 4.35. The van der Waals surface area contributed by atoms with Gasteiger partial charge in [0.25, 0.3) is 0 Å². The van der Waals surface area contributed by atoms with Crippen molar-refractivity contribution in [2.75, 3.05) is 6.61 Å². The molecular weight excluding hydrogens is 136 g/mol. The van der Waals surface area contributed by atoms with Crippen LogP contribution in [-0.2, 0) is 0 Å². The minimum Gasteiger partial charge on any atom is -0.396 e. The van der Waals surface area contributed by atoms with Crippen LogP contribution in [0.1, 0.15) is 19.3 Å². The lowest BCUT2D eigenvalue weighted by atomic mass is 10.0. The quantitative estimate of drug-likeness (QED) is 0.651. The number of allylic oxidation sites excluding steroid dienone is 4. The van der Waals surface area contributed by atoms with Gasteiger partial charge in [0.15, 0.2) is 0 Å². The van der Waals surface area contributed by atoms with Crippen molar-refractivity contribution in [3.05, 3.63) is 24.3 Å². The summed E-state index contributed by atoms with van der Waals surface area (Å²) in [6, 6.07) is 0. The lowest BCUT2D eigenvalue weighted by molar-refractivity contribution is 0.279. The number of hydrogen-bond acceptors (Lipinski definition) is 1. The molecule has 1 nitrogen and oxygen atoms in total. The van der Waals surface area contributed by atoms with Gasteiger partial charge in [-0.2, -0.15) is 0 Å². The molecule has 0 radical (unpaired) electrons. The van der Waals surface area contributed by atoms with E-state index < -0.39 is 0 Å². The molecule has 0 bridgehead atoms. The monoisotopic (exact) mass is 150 g/mol. The zero-order chi connectivity index (χ0) is 7.73. The molecule has 60 valence electrons. The smallest absolute Gasteiger partial charge is 0.0431 e. The number of rotatable bonds is 3. The largest absolute Gasteiger partial charge is 0.396 e. The lowest BCUT2D eigenvalue weighted by Crippen LogP contribution is -1.93. The highest BCUT2D eigenvalue weighted by Crippen LogP contribution is 2.58. The molecule has 1 saturated carbocycles. The summed E-state index contributed by atoms with van der Waals surface area (Å²) in [6.07, 6.45) is 12.3. The van der Waals surface area contributed by atoms with E-state index in [4.69, 9.17) is 5.11 Å². The highest BCUT2D eigenvalue weighted by molar-refractivity contribution is 5.33. The third-order valence-corrected chi connectivity index (χ3v) is 2.83. The summed E-state index contributed by atoms with van der Waals surface area (Å²) in [6.45, 7) is 0.347. The molecule has 1 N–H and O–H groups in total. The van der Waals surface area contributed by atoms with Crippen LogP contribution in [0.25, 0.3) is 0 Å². The van der Waals surface area contributed by atoms with Gasteiger partial charge in [-0.1, -0.05) is 24.3 Å². The molecule has 1 unspecified atom stereocenters. The summed E-state index contributed by atoms with van der Waals surface area (Å²) in [5.74, 6) is 0.824. The Morgan fingerprint density at radius 2 is 2.09 bits per heavy atom. The first-order valence-corrected chi connectivity index (χ1v) is 4.35. The first kappa shape index (κ1) is 7.11. The zero-order valence-corrected chi connectivity index (χ0v) is 6.66. The predicted octanol–water partition coefficient (Wildman–Crippen LogP) is 1.89. The van der Waals surface area contributed by atoms with Gasteiger partial charge in [0.2, 0.25) is 0 Å².